The second kappa shape index (κ2) is 6.87. The number of hydrogen-bond acceptors (Lipinski definition) is 5. The molecule has 0 amide bonds. The lowest BCUT2D eigenvalue weighted by Gasteiger charge is -2.34. The summed E-state index contributed by atoms with van der Waals surface area (Å²) in [6.07, 6.45) is 8.12. The molecule has 1 fully saturated rings. The van der Waals surface area contributed by atoms with E-state index in [2.05, 4.69) is 25.2 Å². The number of fused-ring (bicyclic) bond motifs is 1. The highest BCUT2D eigenvalue weighted by atomic mass is 16.3. The molecule has 21 heavy (non-hydrogen) atoms. The third kappa shape index (κ3) is 3.33. The van der Waals surface area contributed by atoms with Crippen molar-refractivity contribution in [3.63, 3.8) is 0 Å². The Morgan fingerprint density at radius 3 is 3.24 bits per heavy atom. The first-order valence-electron chi connectivity index (χ1n) is 7.75. The van der Waals surface area contributed by atoms with Gasteiger partial charge in [0.05, 0.1) is 12.0 Å². The molecular weight excluding hydrogens is 266 g/mol. The maximum atomic E-state index is 9.41. The molecule has 114 valence electrons. The zero-order chi connectivity index (χ0) is 14.5. The predicted molar refractivity (Wildman–Crippen MR) is 83.3 cm³/mol. The van der Waals surface area contributed by atoms with Gasteiger partial charge in [0.25, 0.3) is 0 Å². The van der Waals surface area contributed by atoms with Crippen LogP contribution >= 0.6 is 0 Å². The van der Waals surface area contributed by atoms with Crippen LogP contribution in [0.25, 0.3) is 11.0 Å². The van der Waals surface area contributed by atoms with Gasteiger partial charge in [-0.25, -0.2) is 9.97 Å². The predicted octanol–water partition coefficient (Wildman–Crippen LogP) is 1.61. The summed E-state index contributed by atoms with van der Waals surface area (Å²) in [6.45, 7) is 3.30. The first kappa shape index (κ1) is 14.3. The molecule has 0 bridgehead atoms. The average Bonchev–Trinajstić information content (AvgIpc) is 3.01. The number of H-pyrrole nitrogens is 1. The number of piperidine rings is 1. The van der Waals surface area contributed by atoms with Gasteiger partial charge in [-0.1, -0.05) is 6.42 Å². The van der Waals surface area contributed by atoms with Gasteiger partial charge in [0.1, 0.15) is 17.8 Å². The van der Waals surface area contributed by atoms with Gasteiger partial charge in [-0.05, 0) is 31.9 Å². The summed E-state index contributed by atoms with van der Waals surface area (Å²) in [5.41, 5.74) is 0.865. The largest absolute Gasteiger partial charge is 0.395 e. The van der Waals surface area contributed by atoms with Crippen LogP contribution in [0.5, 0.6) is 0 Å². The van der Waals surface area contributed by atoms with E-state index >= 15 is 0 Å². The van der Waals surface area contributed by atoms with Crippen LogP contribution in [0.4, 0.5) is 5.82 Å². The molecule has 1 aliphatic rings. The first-order chi connectivity index (χ1) is 10.4. The second-order valence-electron chi connectivity index (χ2n) is 5.61. The van der Waals surface area contributed by atoms with Gasteiger partial charge < -0.3 is 15.4 Å². The Bertz CT molecular complexity index is 570. The van der Waals surface area contributed by atoms with Crippen LogP contribution in [0.15, 0.2) is 18.6 Å². The van der Waals surface area contributed by atoms with Crippen molar-refractivity contribution in [1.82, 2.24) is 19.9 Å². The van der Waals surface area contributed by atoms with Crippen molar-refractivity contribution < 1.29 is 5.11 Å². The average molecular weight is 289 g/mol. The van der Waals surface area contributed by atoms with Gasteiger partial charge in [0.2, 0.25) is 0 Å². The molecule has 0 aliphatic carbocycles. The molecule has 0 spiro atoms. The van der Waals surface area contributed by atoms with Crippen molar-refractivity contribution in [2.24, 2.45) is 0 Å². The van der Waals surface area contributed by atoms with Crippen molar-refractivity contribution in [2.45, 2.75) is 31.7 Å². The maximum Gasteiger partial charge on any atom is 0.142 e. The molecule has 3 rings (SSSR count). The maximum absolute atomic E-state index is 9.41. The zero-order valence-electron chi connectivity index (χ0n) is 12.3. The molecule has 1 aliphatic heterocycles. The van der Waals surface area contributed by atoms with Crippen LogP contribution in [0.1, 0.15) is 25.7 Å². The van der Waals surface area contributed by atoms with Crippen molar-refractivity contribution in [3.8, 4) is 0 Å². The van der Waals surface area contributed by atoms with Gasteiger partial charge in [-0.3, -0.25) is 4.90 Å². The molecule has 0 radical (unpaired) electrons. The molecule has 0 saturated carbocycles. The Morgan fingerprint density at radius 1 is 1.38 bits per heavy atom. The number of nitrogens with zero attached hydrogens (tertiary/aromatic N) is 3. The van der Waals surface area contributed by atoms with Gasteiger partial charge in [-0.2, -0.15) is 0 Å². The van der Waals surface area contributed by atoms with Gasteiger partial charge in [0.15, 0.2) is 0 Å². The molecular formula is C15H23N5O. The number of aromatic amines is 1. The van der Waals surface area contributed by atoms with E-state index in [-0.39, 0.29) is 6.61 Å². The van der Waals surface area contributed by atoms with Gasteiger partial charge >= 0.3 is 0 Å². The van der Waals surface area contributed by atoms with Crippen LogP contribution in [0, 0.1) is 0 Å². The van der Waals surface area contributed by atoms with Crippen LogP contribution in [-0.4, -0.2) is 57.2 Å². The monoisotopic (exact) mass is 289 g/mol. The Hall–Kier alpha value is -1.66. The molecule has 0 aromatic carbocycles. The van der Waals surface area contributed by atoms with E-state index in [0.29, 0.717) is 6.04 Å². The standard InChI is InChI=1S/C15H23N5O/c21-10-12-4-1-2-8-20(12)9-3-6-16-14-13-5-7-17-15(13)19-11-18-14/h5,7,11-12,21H,1-4,6,8-10H2,(H2,16,17,18,19). The van der Waals surface area contributed by atoms with E-state index < -0.39 is 0 Å². The molecule has 2 aromatic rings. The molecule has 1 saturated heterocycles. The van der Waals surface area contributed by atoms with Crippen LogP contribution < -0.4 is 5.32 Å². The Labute approximate surface area is 124 Å². The number of anilines is 1. The quantitative estimate of drug-likeness (QED) is 0.704. The van der Waals surface area contributed by atoms with Gasteiger partial charge in [0, 0.05) is 25.3 Å². The summed E-state index contributed by atoms with van der Waals surface area (Å²) in [6, 6.07) is 2.35. The minimum absolute atomic E-state index is 0.281. The number of aliphatic hydroxyl groups excluding tert-OH is 1. The van der Waals surface area contributed by atoms with Crippen LogP contribution in [-0.2, 0) is 0 Å². The van der Waals surface area contributed by atoms with Crippen LogP contribution in [0.2, 0.25) is 0 Å². The fourth-order valence-electron chi connectivity index (χ4n) is 3.06. The molecule has 1 atom stereocenters. The van der Waals surface area contributed by atoms with Crippen molar-refractivity contribution in [2.75, 3.05) is 31.6 Å². The van der Waals surface area contributed by atoms with E-state index in [1.807, 2.05) is 12.3 Å². The van der Waals surface area contributed by atoms with Crippen LogP contribution in [0.3, 0.4) is 0 Å². The fourth-order valence-corrected chi connectivity index (χ4v) is 3.06. The minimum Gasteiger partial charge on any atom is -0.395 e. The molecule has 3 heterocycles. The van der Waals surface area contributed by atoms with Crippen molar-refractivity contribution in [3.05, 3.63) is 18.6 Å². The lowest BCUT2D eigenvalue weighted by atomic mass is 10.0. The summed E-state index contributed by atoms with van der Waals surface area (Å²) in [7, 11) is 0. The number of likely N-dealkylation sites (tertiary alicyclic amines) is 1. The van der Waals surface area contributed by atoms with Crippen molar-refractivity contribution >= 4 is 16.9 Å². The van der Waals surface area contributed by atoms with Gasteiger partial charge in [-0.15, -0.1) is 0 Å². The smallest absolute Gasteiger partial charge is 0.142 e. The van der Waals surface area contributed by atoms with E-state index in [1.54, 1.807) is 6.33 Å². The summed E-state index contributed by atoms with van der Waals surface area (Å²) < 4.78 is 0. The number of rotatable bonds is 6. The Kier molecular flexibility index (Phi) is 4.67. The number of hydrogen-bond donors (Lipinski definition) is 3. The molecule has 6 nitrogen and oxygen atoms in total. The second-order valence-corrected chi connectivity index (χ2v) is 5.61. The summed E-state index contributed by atoms with van der Waals surface area (Å²) >= 11 is 0. The molecule has 2 aromatic heterocycles. The first-order valence-corrected chi connectivity index (χ1v) is 7.75. The molecule has 1 unspecified atom stereocenters. The Morgan fingerprint density at radius 2 is 2.33 bits per heavy atom. The third-order valence-electron chi connectivity index (χ3n) is 4.23. The number of aliphatic hydroxyl groups is 1. The topological polar surface area (TPSA) is 77.1 Å². The highest BCUT2D eigenvalue weighted by Gasteiger charge is 2.20. The zero-order valence-corrected chi connectivity index (χ0v) is 12.3. The summed E-state index contributed by atoms with van der Waals surface area (Å²) in [5, 5.41) is 13.8. The molecule has 6 heteroatoms. The summed E-state index contributed by atoms with van der Waals surface area (Å²) in [5.74, 6) is 0.888. The SMILES string of the molecule is OCC1CCCCN1CCCNc1ncnc2[nH]ccc12. The number of aromatic nitrogens is 3. The normalized spacial score (nSPS) is 20.0. The van der Waals surface area contributed by atoms with Crippen molar-refractivity contribution in [1.29, 1.82) is 0 Å². The van der Waals surface area contributed by atoms with E-state index in [0.717, 1.165) is 49.3 Å². The number of nitrogens with one attached hydrogen (secondary N) is 2. The van der Waals surface area contributed by atoms with E-state index in [9.17, 15) is 5.11 Å². The lowest BCUT2D eigenvalue weighted by molar-refractivity contribution is 0.0901. The molecule has 3 N–H and O–H groups in total. The third-order valence-corrected chi connectivity index (χ3v) is 4.23. The highest BCUT2D eigenvalue weighted by Crippen LogP contribution is 2.18. The highest BCUT2D eigenvalue weighted by molar-refractivity contribution is 5.86. The minimum atomic E-state index is 0.281. The fraction of sp³-hybridized carbons (Fsp3) is 0.600. The lowest BCUT2D eigenvalue weighted by Crippen LogP contribution is -2.42. The Balaban J connectivity index is 1.49. The van der Waals surface area contributed by atoms with E-state index in [1.165, 1.54) is 12.8 Å². The van der Waals surface area contributed by atoms with E-state index in [4.69, 9.17) is 0 Å². The summed E-state index contributed by atoms with van der Waals surface area (Å²) in [4.78, 5) is 14.0.